The highest BCUT2D eigenvalue weighted by atomic mass is 16.5. The molecule has 0 aromatic heterocycles. The van der Waals surface area contributed by atoms with Crippen LogP contribution in [0.4, 0.5) is 0 Å². The Labute approximate surface area is 161 Å². The number of carbonyl (C=O) groups excluding carboxylic acids is 1. The van der Waals surface area contributed by atoms with Crippen molar-refractivity contribution < 1.29 is 24.9 Å². The number of hydrogen-bond acceptors (Lipinski definition) is 5. The minimum atomic E-state index is -1.66. The lowest BCUT2D eigenvalue weighted by Gasteiger charge is -2.53. The Morgan fingerprint density at radius 1 is 0.857 bits per heavy atom. The van der Waals surface area contributed by atoms with Gasteiger partial charge in [-0.25, -0.2) is 0 Å². The van der Waals surface area contributed by atoms with E-state index in [9.17, 15) is 20.1 Å². The van der Waals surface area contributed by atoms with Gasteiger partial charge in [-0.15, -0.1) is 0 Å². The molecule has 0 fully saturated rings. The van der Waals surface area contributed by atoms with E-state index in [-0.39, 0.29) is 12.2 Å². The van der Waals surface area contributed by atoms with Gasteiger partial charge in [-0.05, 0) is 46.5 Å². The van der Waals surface area contributed by atoms with Crippen molar-refractivity contribution in [2.24, 2.45) is 5.92 Å². The van der Waals surface area contributed by atoms with Crippen LogP contribution in [0.5, 0.6) is 11.5 Å². The second-order valence-electron chi connectivity index (χ2n) is 7.39. The molecule has 0 saturated heterocycles. The summed E-state index contributed by atoms with van der Waals surface area (Å²) >= 11 is 0. The minimum absolute atomic E-state index is 0.00998. The smallest absolute Gasteiger partial charge is 0.318 e. The van der Waals surface area contributed by atoms with E-state index in [0.29, 0.717) is 28.0 Å². The summed E-state index contributed by atoms with van der Waals surface area (Å²) in [6, 6.07) is 20.1. The molecule has 3 aliphatic carbocycles. The van der Waals surface area contributed by atoms with E-state index in [0.717, 1.165) is 0 Å². The molecule has 5 nitrogen and oxygen atoms in total. The van der Waals surface area contributed by atoms with Crippen LogP contribution in [-0.2, 0) is 16.0 Å². The molecule has 6 rings (SSSR count). The average molecular weight is 374 g/mol. The Balaban J connectivity index is 1.69. The molecule has 3 aromatic carbocycles. The lowest BCUT2D eigenvalue weighted by molar-refractivity contribution is -0.157. The Morgan fingerprint density at radius 3 is 2.25 bits per heavy atom. The molecule has 3 N–H and O–H groups in total. The van der Waals surface area contributed by atoms with Gasteiger partial charge < -0.3 is 20.1 Å². The molecular formula is C23H18O5. The van der Waals surface area contributed by atoms with Gasteiger partial charge in [0.1, 0.15) is 22.7 Å². The quantitative estimate of drug-likeness (QED) is 0.474. The van der Waals surface area contributed by atoms with E-state index < -0.39 is 23.1 Å². The molecule has 0 aliphatic heterocycles. The molecular weight excluding hydrogens is 356 g/mol. The summed E-state index contributed by atoms with van der Waals surface area (Å²) in [4.78, 5) is 13.0. The Kier molecular flexibility index (Phi) is 3.44. The van der Waals surface area contributed by atoms with Gasteiger partial charge in [0.2, 0.25) is 0 Å². The third kappa shape index (κ3) is 2.11. The van der Waals surface area contributed by atoms with E-state index >= 15 is 0 Å². The molecule has 2 bridgehead atoms. The first kappa shape index (κ1) is 17.0. The maximum Gasteiger partial charge on any atom is 0.318 e. The number of hydrogen-bond donors (Lipinski definition) is 3. The Bertz CT molecular complexity index is 1090. The first-order valence-electron chi connectivity index (χ1n) is 9.10. The monoisotopic (exact) mass is 374 g/mol. The summed E-state index contributed by atoms with van der Waals surface area (Å²) in [5.41, 5.74) is -1.31. The SMILES string of the molecule is O=C(Oc1ccccc1)C1CC2(O)c3ccccc3C1(O)c1ccc(O)cc12. The summed E-state index contributed by atoms with van der Waals surface area (Å²) in [7, 11) is 0. The predicted octanol–water partition coefficient (Wildman–Crippen LogP) is 2.80. The third-order valence-electron chi connectivity index (χ3n) is 5.89. The number of ether oxygens (including phenoxy) is 1. The number of carbonyl (C=O) groups is 1. The van der Waals surface area contributed by atoms with Crippen molar-refractivity contribution in [3.8, 4) is 11.5 Å². The summed E-state index contributed by atoms with van der Waals surface area (Å²) in [5, 5.41) is 33.4. The standard InChI is InChI=1S/C23H18O5/c24-14-10-11-18-19(12-14)22(26)13-20(21(25)28-15-6-2-1-3-7-15)23(18,27)17-9-5-4-8-16(17)22/h1-12,20,24,26-27H,13H2. The number of phenolic OH excluding ortho intramolecular Hbond substituents is 1. The molecule has 3 aromatic rings. The van der Waals surface area contributed by atoms with E-state index in [1.807, 2.05) is 6.07 Å². The van der Waals surface area contributed by atoms with Crippen molar-refractivity contribution in [2.45, 2.75) is 17.6 Å². The van der Waals surface area contributed by atoms with Crippen LogP contribution in [0.2, 0.25) is 0 Å². The zero-order chi connectivity index (χ0) is 19.5. The largest absolute Gasteiger partial charge is 0.508 e. The Morgan fingerprint density at radius 2 is 1.50 bits per heavy atom. The highest BCUT2D eigenvalue weighted by molar-refractivity contribution is 5.81. The number of esters is 1. The fraction of sp³-hybridized carbons (Fsp3) is 0.174. The maximum absolute atomic E-state index is 13.0. The van der Waals surface area contributed by atoms with Crippen molar-refractivity contribution in [1.29, 1.82) is 0 Å². The Hall–Kier alpha value is -3.15. The van der Waals surface area contributed by atoms with Gasteiger partial charge in [0, 0.05) is 6.42 Å². The van der Waals surface area contributed by atoms with Crippen LogP contribution in [-0.4, -0.2) is 21.3 Å². The summed E-state index contributed by atoms with van der Waals surface area (Å²) < 4.78 is 5.51. The van der Waals surface area contributed by atoms with E-state index in [4.69, 9.17) is 4.74 Å². The second-order valence-corrected chi connectivity index (χ2v) is 7.39. The van der Waals surface area contributed by atoms with Crippen LogP contribution >= 0.6 is 0 Å². The van der Waals surface area contributed by atoms with Crippen LogP contribution in [0, 0.1) is 5.92 Å². The molecule has 0 saturated carbocycles. The zero-order valence-electron chi connectivity index (χ0n) is 14.9. The predicted molar refractivity (Wildman–Crippen MR) is 101 cm³/mol. The number of aromatic hydroxyl groups is 1. The summed E-state index contributed by atoms with van der Waals surface area (Å²) in [6.07, 6.45) is -0.0391. The van der Waals surface area contributed by atoms with Gasteiger partial charge in [-0.2, -0.15) is 0 Å². The first-order valence-corrected chi connectivity index (χ1v) is 9.10. The maximum atomic E-state index is 13.0. The van der Waals surface area contributed by atoms with Gasteiger partial charge in [0.15, 0.2) is 0 Å². The van der Waals surface area contributed by atoms with Crippen molar-refractivity contribution in [2.75, 3.05) is 0 Å². The second kappa shape index (κ2) is 5.67. The van der Waals surface area contributed by atoms with E-state index in [1.54, 1.807) is 54.6 Å². The number of para-hydroxylation sites is 1. The van der Waals surface area contributed by atoms with Crippen molar-refractivity contribution in [1.82, 2.24) is 0 Å². The average Bonchev–Trinajstić information content (AvgIpc) is 2.71. The highest BCUT2D eigenvalue weighted by Crippen LogP contribution is 2.60. The molecule has 140 valence electrons. The number of rotatable bonds is 2. The molecule has 0 amide bonds. The summed E-state index contributed by atoms with van der Waals surface area (Å²) in [5.74, 6) is -1.24. The normalized spacial score (nSPS) is 27.0. The lowest BCUT2D eigenvalue weighted by Crippen LogP contribution is -2.57. The lowest BCUT2D eigenvalue weighted by atomic mass is 9.54. The van der Waals surface area contributed by atoms with Gasteiger partial charge in [0.25, 0.3) is 0 Å². The highest BCUT2D eigenvalue weighted by Gasteiger charge is 2.62. The molecule has 5 heteroatoms. The van der Waals surface area contributed by atoms with Crippen LogP contribution in [0.1, 0.15) is 28.7 Å². The fourth-order valence-corrected chi connectivity index (χ4v) is 4.64. The van der Waals surface area contributed by atoms with Crippen molar-refractivity contribution in [3.05, 3.63) is 95.1 Å². The van der Waals surface area contributed by atoms with Crippen LogP contribution in [0.15, 0.2) is 72.8 Å². The molecule has 3 atom stereocenters. The number of benzene rings is 3. The molecule has 0 heterocycles. The van der Waals surface area contributed by atoms with E-state index in [1.165, 1.54) is 12.1 Å². The summed E-state index contributed by atoms with van der Waals surface area (Å²) in [6.45, 7) is 0. The number of fused-ring (bicyclic) bond motifs is 1. The van der Waals surface area contributed by atoms with Crippen molar-refractivity contribution >= 4 is 5.97 Å². The minimum Gasteiger partial charge on any atom is -0.508 e. The van der Waals surface area contributed by atoms with Gasteiger partial charge in [-0.3, -0.25) is 4.79 Å². The van der Waals surface area contributed by atoms with Crippen LogP contribution < -0.4 is 4.74 Å². The van der Waals surface area contributed by atoms with Gasteiger partial charge in [-0.1, -0.05) is 48.5 Å². The molecule has 28 heavy (non-hydrogen) atoms. The molecule has 3 unspecified atom stereocenters. The molecule has 3 aliphatic rings. The van der Waals surface area contributed by atoms with Crippen LogP contribution in [0.3, 0.4) is 0 Å². The molecule has 0 radical (unpaired) electrons. The number of aliphatic hydroxyl groups is 2. The van der Waals surface area contributed by atoms with Gasteiger partial charge >= 0.3 is 5.97 Å². The van der Waals surface area contributed by atoms with Crippen LogP contribution in [0.25, 0.3) is 0 Å². The first-order chi connectivity index (χ1) is 13.4. The van der Waals surface area contributed by atoms with Crippen molar-refractivity contribution in [3.63, 3.8) is 0 Å². The van der Waals surface area contributed by atoms with E-state index in [2.05, 4.69) is 0 Å². The van der Waals surface area contributed by atoms with Gasteiger partial charge in [0.05, 0.1) is 5.92 Å². The zero-order valence-corrected chi connectivity index (χ0v) is 14.9. The fourth-order valence-electron chi connectivity index (χ4n) is 4.64. The third-order valence-corrected chi connectivity index (χ3v) is 5.89. The number of phenols is 1. The molecule has 0 spiro atoms. The topological polar surface area (TPSA) is 87.0 Å².